The fourth-order valence-corrected chi connectivity index (χ4v) is 2.11. The largest absolute Gasteiger partial charge is 0.477 e. The molecular formula is C15H12F2N2O2. The van der Waals surface area contributed by atoms with Crippen LogP contribution in [-0.2, 0) is 4.79 Å². The third-order valence-corrected chi connectivity index (χ3v) is 3.06. The Kier molecular flexibility index (Phi) is 3.43. The van der Waals surface area contributed by atoms with Gasteiger partial charge in [-0.3, -0.25) is 4.79 Å². The Morgan fingerprint density at radius 2 is 1.90 bits per heavy atom. The molecule has 108 valence electrons. The van der Waals surface area contributed by atoms with Crippen LogP contribution in [0.2, 0.25) is 0 Å². The Morgan fingerprint density at radius 1 is 1.19 bits per heavy atom. The zero-order valence-corrected chi connectivity index (χ0v) is 10.9. The summed E-state index contributed by atoms with van der Waals surface area (Å²) in [6.45, 7) is 0.278. The topological polar surface area (TPSA) is 50.4 Å². The minimum Gasteiger partial charge on any atom is -0.477 e. The van der Waals surface area contributed by atoms with Gasteiger partial charge in [0.25, 0.3) is 5.91 Å². The van der Waals surface area contributed by atoms with E-state index in [9.17, 15) is 13.6 Å². The summed E-state index contributed by atoms with van der Waals surface area (Å²) in [6.07, 6.45) is -0.772. The number of hydrogen-bond acceptors (Lipinski definition) is 3. The van der Waals surface area contributed by atoms with Gasteiger partial charge in [0.15, 0.2) is 6.10 Å². The van der Waals surface area contributed by atoms with Gasteiger partial charge in [0, 0.05) is 11.8 Å². The summed E-state index contributed by atoms with van der Waals surface area (Å²) < 4.78 is 31.7. The number of hydrogen-bond donors (Lipinski definition) is 2. The van der Waals surface area contributed by atoms with Crippen LogP contribution in [0.15, 0.2) is 42.5 Å². The average molecular weight is 290 g/mol. The normalized spacial score (nSPS) is 16.4. The number of nitrogens with one attached hydrogen (secondary N) is 2. The Morgan fingerprint density at radius 3 is 2.67 bits per heavy atom. The number of carbonyl (C=O) groups is 1. The molecule has 1 aliphatic heterocycles. The molecular weight excluding hydrogens is 278 g/mol. The maximum atomic E-state index is 13.1. The van der Waals surface area contributed by atoms with Gasteiger partial charge in [0.1, 0.15) is 17.4 Å². The minimum atomic E-state index is -0.772. The van der Waals surface area contributed by atoms with Gasteiger partial charge in [-0.2, -0.15) is 0 Å². The van der Waals surface area contributed by atoms with Crippen molar-refractivity contribution in [1.29, 1.82) is 0 Å². The van der Waals surface area contributed by atoms with Crippen molar-refractivity contribution in [2.45, 2.75) is 6.10 Å². The van der Waals surface area contributed by atoms with E-state index in [2.05, 4.69) is 10.6 Å². The lowest BCUT2D eigenvalue weighted by molar-refractivity contribution is -0.122. The van der Waals surface area contributed by atoms with E-state index in [1.807, 2.05) is 12.1 Å². The lowest BCUT2D eigenvalue weighted by Gasteiger charge is -2.26. The standard InChI is InChI=1S/C15H12F2N2O2/c16-9-5-10(17)7-11(6-9)19-15(20)14-8-18-12-3-1-2-4-13(12)21-14/h1-7,14,18H,8H2,(H,19,20). The third kappa shape index (κ3) is 2.94. The van der Waals surface area contributed by atoms with Gasteiger partial charge in [-0.25, -0.2) is 8.78 Å². The lowest BCUT2D eigenvalue weighted by Crippen LogP contribution is -2.41. The van der Waals surface area contributed by atoms with Crippen LogP contribution in [0.5, 0.6) is 5.75 Å². The molecule has 1 unspecified atom stereocenters. The van der Waals surface area contributed by atoms with Crippen molar-refractivity contribution < 1.29 is 18.3 Å². The van der Waals surface area contributed by atoms with Crippen molar-refractivity contribution in [1.82, 2.24) is 0 Å². The first-order valence-electron chi connectivity index (χ1n) is 6.38. The van der Waals surface area contributed by atoms with Gasteiger partial charge < -0.3 is 15.4 Å². The molecule has 0 saturated carbocycles. The molecule has 2 aromatic rings. The average Bonchev–Trinajstić information content (AvgIpc) is 2.45. The first kappa shape index (κ1) is 13.4. The number of rotatable bonds is 2. The van der Waals surface area contributed by atoms with Crippen LogP contribution >= 0.6 is 0 Å². The number of fused-ring (bicyclic) bond motifs is 1. The number of anilines is 2. The molecule has 1 heterocycles. The van der Waals surface area contributed by atoms with E-state index < -0.39 is 23.6 Å². The zero-order valence-electron chi connectivity index (χ0n) is 10.9. The molecule has 3 rings (SSSR count). The molecule has 1 atom stereocenters. The Labute approximate surface area is 119 Å². The quantitative estimate of drug-likeness (QED) is 0.894. The molecule has 0 bridgehead atoms. The molecule has 0 saturated heterocycles. The summed E-state index contributed by atoms with van der Waals surface area (Å²) in [5.74, 6) is -1.41. The van der Waals surface area contributed by atoms with Crippen LogP contribution in [0.3, 0.4) is 0 Å². The van der Waals surface area contributed by atoms with Crippen LogP contribution in [0.25, 0.3) is 0 Å². The minimum absolute atomic E-state index is 0.0555. The Hall–Kier alpha value is -2.63. The van der Waals surface area contributed by atoms with Crippen LogP contribution < -0.4 is 15.4 Å². The van der Waals surface area contributed by atoms with E-state index in [0.29, 0.717) is 5.75 Å². The highest BCUT2D eigenvalue weighted by molar-refractivity contribution is 5.95. The number of carbonyl (C=O) groups excluding carboxylic acids is 1. The van der Waals surface area contributed by atoms with E-state index in [1.165, 1.54) is 0 Å². The van der Waals surface area contributed by atoms with Crippen LogP contribution in [0, 0.1) is 11.6 Å². The summed E-state index contributed by atoms with van der Waals surface area (Å²) in [5.41, 5.74) is 0.860. The van der Waals surface area contributed by atoms with E-state index in [-0.39, 0.29) is 12.2 Å². The van der Waals surface area contributed by atoms with Crippen molar-refractivity contribution in [3.05, 3.63) is 54.1 Å². The molecule has 4 nitrogen and oxygen atoms in total. The van der Waals surface area contributed by atoms with Crippen molar-refractivity contribution in [3.63, 3.8) is 0 Å². The third-order valence-electron chi connectivity index (χ3n) is 3.06. The molecule has 0 fully saturated rings. The summed E-state index contributed by atoms with van der Waals surface area (Å²) in [4.78, 5) is 12.1. The summed E-state index contributed by atoms with van der Waals surface area (Å²) in [7, 11) is 0. The molecule has 0 radical (unpaired) electrons. The van der Waals surface area contributed by atoms with E-state index >= 15 is 0 Å². The maximum Gasteiger partial charge on any atom is 0.267 e. The molecule has 0 aromatic heterocycles. The number of para-hydroxylation sites is 2. The zero-order chi connectivity index (χ0) is 14.8. The highest BCUT2D eigenvalue weighted by Crippen LogP contribution is 2.28. The first-order chi connectivity index (χ1) is 10.1. The molecule has 1 amide bonds. The Balaban J connectivity index is 1.72. The van der Waals surface area contributed by atoms with Gasteiger partial charge >= 0.3 is 0 Å². The lowest BCUT2D eigenvalue weighted by atomic mass is 10.2. The van der Waals surface area contributed by atoms with Crippen molar-refractivity contribution >= 4 is 17.3 Å². The van der Waals surface area contributed by atoms with Gasteiger partial charge in [-0.05, 0) is 24.3 Å². The number of benzene rings is 2. The molecule has 0 aliphatic carbocycles. The second-order valence-corrected chi connectivity index (χ2v) is 4.63. The maximum absolute atomic E-state index is 13.1. The van der Waals surface area contributed by atoms with E-state index in [1.54, 1.807) is 12.1 Å². The van der Waals surface area contributed by atoms with E-state index in [4.69, 9.17) is 4.74 Å². The van der Waals surface area contributed by atoms with Crippen molar-refractivity contribution in [2.24, 2.45) is 0 Å². The molecule has 21 heavy (non-hydrogen) atoms. The monoisotopic (exact) mass is 290 g/mol. The predicted molar refractivity (Wildman–Crippen MR) is 74.3 cm³/mol. The summed E-state index contributed by atoms with van der Waals surface area (Å²) in [5, 5.41) is 5.51. The van der Waals surface area contributed by atoms with Crippen LogP contribution in [-0.4, -0.2) is 18.6 Å². The van der Waals surface area contributed by atoms with Gasteiger partial charge in [0.05, 0.1) is 12.2 Å². The van der Waals surface area contributed by atoms with Crippen molar-refractivity contribution in [3.8, 4) is 5.75 Å². The van der Waals surface area contributed by atoms with Gasteiger partial charge in [-0.15, -0.1) is 0 Å². The number of ether oxygens (including phenoxy) is 1. The molecule has 1 aliphatic rings. The first-order valence-corrected chi connectivity index (χ1v) is 6.38. The second kappa shape index (κ2) is 5.40. The fourth-order valence-electron chi connectivity index (χ4n) is 2.11. The summed E-state index contributed by atoms with van der Waals surface area (Å²) in [6, 6.07) is 10.1. The number of halogens is 2. The van der Waals surface area contributed by atoms with Gasteiger partial charge in [0.2, 0.25) is 0 Å². The van der Waals surface area contributed by atoms with Crippen LogP contribution in [0.1, 0.15) is 0 Å². The highest BCUT2D eigenvalue weighted by Gasteiger charge is 2.25. The fraction of sp³-hybridized carbons (Fsp3) is 0.133. The Bertz CT molecular complexity index is 671. The SMILES string of the molecule is O=C(Nc1cc(F)cc(F)c1)C1CNc2ccccc2O1. The number of amides is 1. The van der Waals surface area contributed by atoms with E-state index in [0.717, 1.165) is 23.9 Å². The predicted octanol–water partition coefficient (Wildman–Crippen LogP) is 2.78. The molecule has 6 heteroatoms. The highest BCUT2D eigenvalue weighted by atomic mass is 19.1. The molecule has 2 aromatic carbocycles. The second-order valence-electron chi connectivity index (χ2n) is 4.63. The summed E-state index contributed by atoms with van der Waals surface area (Å²) >= 11 is 0. The molecule has 2 N–H and O–H groups in total. The van der Waals surface area contributed by atoms with Crippen LogP contribution in [0.4, 0.5) is 20.2 Å². The molecule has 0 spiro atoms. The van der Waals surface area contributed by atoms with Crippen molar-refractivity contribution in [2.75, 3.05) is 17.2 Å². The van der Waals surface area contributed by atoms with Gasteiger partial charge in [-0.1, -0.05) is 12.1 Å². The smallest absolute Gasteiger partial charge is 0.267 e.